The largest absolute Gasteiger partial charge is 0.384 e. The molecule has 2 aliphatic rings. The fraction of sp³-hybridized carbons (Fsp3) is 0.300. The number of nitrogen functional groups attached to an aromatic ring is 2. The summed E-state index contributed by atoms with van der Waals surface area (Å²) in [6.07, 6.45) is 5.42. The number of piperidine rings is 2. The standard InChI is InChI=1S/C20H20N6O3S2.C18H17N5O2S2.C2H4BrNO/c21-10-15-18(16(11-22)20(25-19(15)24)30-12-17(23)27)13-4-6-14(7-5-13)31(28,29)26-8-2-1-3-9-26;19-10-14-16(15(11-20)18(26)22-17(14)21)12-4-6-13(7-5-12)27(24,25)23-8-2-1-3-9-23;3-1-2(4)5/h4-7H,1-3,8-9,12H2,(H2,23,27)(H2,24,25);4-7H,1-3,8-9H2,(H3,21,22,26);1H2,(H2,4,5). The van der Waals surface area contributed by atoms with E-state index in [9.17, 15) is 47.5 Å². The monoisotopic (exact) mass is 992 g/mol. The van der Waals surface area contributed by atoms with Crippen molar-refractivity contribution < 1.29 is 26.4 Å². The van der Waals surface area contributed by atoms with Crippen LogP contribution in [0.15, 0.2) is 63.3 Å². The van der Waals surface area contributed by atoms with Gasteiger partial charge in [-0.2, -0.15) is 29.7 Å². The first-order valence-corrected chi connectivity index (χ1v) is 24.3. The summed E-state index contributed by atoms with van der Waals surface area (Å²) in [5.74, 6) is -1.05. The van der Waals surface area contributed by atoms with Gasteiger partial charge in [0.1, 0.15) is 56.7 Å². The second-order valence-electron chi connectivity index (χ2n) is 13.7. The summed E-state index contributed by atoms with van der Waals surface area (Å²) in [6, 6.07) is 20.0. The SMILES string of the molecule is N#Cc1c(N)[nH]c(=S)c(C#N)c1-c1ccc(S(=O)(=O)N2CCCCC2)cc1.N#Cc1c(N)nc(SCC(N)=O)c(C#N)c1-c1ccc(S(=O)(=O)N2CCCCC2)cc1.NC(=O)CBr. The third-order valence-corrected chi connectivity index (χ3v) is 15.2. The number of rotatable bonds is 10. The van der Waals surface area contributed by atoms with Crippen LogP contribution in [0.1, 0.15) is 60.8 Å². The molecule has 2 amide bonds. The van der Waals surface area contributed by atoms with Gasteiger partial charge in [-0.1, -0.05) is 77.0 Å². The van der Waals surface area contributed by atoms with E-state index in [1.807, 2.05) is 24.3 Å². The number of carbonyl (C=O) groups is 2. The van der Waals surface area contributed by atoms with Crippen molar-refractivity contribution in [2.24, 2.45) is 11.5 Å². The number of pyridine rings is 2. The van der Waals surface area contributed by atoms with Crippen molar-refractivity contribution in [1.29, 1.82) is 21.0 Å². The molecule has 4 heterocycles. The van der Waals surface area contributed by atoms with E-state index in [0.717, 1.165) is 50.3 Å². The predicted molar refractivity (Wildman–Crippen MR) is 243 cm³/mol. The van der Waals surface area contributed by atoms with Crippen LogP contribution in [0.5, 0.6) is 0 Å². The Kier molecular flexibility index (Phi) is 17.7. The third-order valence-electron chi connectivity index (χ3n) is 9.56. The summed E-state index contributed by atoms with van der Waals surface area (Å²) < 4.78 is 54.4. The Labute approximate surface area is 382 Å². The molecule has 4 aromatic rings. The number of nitrogens with two attached hydrogens (primary N) is 4. The van der Waals surface area contributed by atoms with E-state index >= 15 is 0 Å². The molecule has 2 saturated heterocycles. The average Bonchev–Trinajstić information content (AvgIpc) is 3.28. The maximum atomic E-state index is 12.9. The minimum Gasteiger partial charge on any atom is -0.384 e. The lowest BCUT2D eigenvalue weighted by atomic mass is 9.97. The molecule has 0 radical (unpaired) electrons. The molecule has 2 aliphatic heterocycles. The molecular formula is C40H41BrN12O6S4. The van der Waals surface area contributed by atoms with Crippen LogP contribution < -0.4 is 22.9 Å². The molecule has 0 atom stereocenters. The van der Waals surface area contributed by atoms with Crippen LogP contribution in [0, 0.1) is 50.0 Å². The number of hydrogen-bond donors (Lipinski definition) is 5. The van der Waals surface area contributed by atoms with Gasteiger partial charge in [0.15, 0.2) is 0 Å². The van der Waals surface area contributed by atoms with Crippen molar-refractivity contribution in [2.75, 3.05) is 48.7 Å². The zero-order valence-corrected chi connectivity index (χ0v) is 38.4. The second kappa shape index (κ2) is 22.5. The molecule has 2 aromatic carbocycles. The van der Waals surface area contributed by atoms with E-state index in [-0.39, 0.29) is 75.9 Å². The number of hydrogen-bond acceptors (Lipinski definition) is 15. The molecule has 2 aromatic heterocycles. The Morgan fingerprint density at radius 2 is 1.08 bits per heavy atom. The number of nitriles is 4. The van der Waals surface area contributed by atoms with Gasteiger partial charge in [-0.3, -0.25) is 9.59 Å². The van der Waals surface area contributed by atoms with E-state index in [1.54, 1.807) is 12.1 Å². The van der Waals surface area contributed by atoms with E-state index < -0.39 is 26.0 Å². The Balaban J connectivity index is 0.000000252. The summed E-state index contributed by atoms with van der Waals surface area (Å²) in [6.45, 7) is 2.02. The molecule has 0 saturated carbocycles. The van der Waals surface area contributed by atoms with Gasteiger partial charge in [-0.15, -0.1) is 0 Å². The van der Waals surface area contributed by atoms with Crippen LogP contribution in [0.4, 0.5) is 11.6 Å². The van der Waals surface area contributed by atoms with Gasteiger partial charge in [-0.25, -0.2) is 21.8 Å². The summed E-state index contributed by atoms with van der Waals surface area (Å²) in [7, 11) is -7.17. The van der Waals surface area contributed by atoms with E-state index in [0.29, 0.717) is 42.9 Å². The number of H-pyrrole nitrogens is 1. The van der Waals surface area contributed by atoms with Crippen LogP contribution >= 0.6 is 39.9 Å². The first kappa shape index (κ1) is 49.8. The minimum atomic E-state index is -3.62. The van der Waals surface area contributed by atoms with Crippen LogP contribution in [-0.4, -0.2) is 84.5 Å². The first-order valence-electron chi connectivity index (χ1n) is 18.9. The zero-order valence-electron chi connectivity index (χ0n) is 33.5. The van der Waals surface area contributed by atoms with E-state index in [4.69, 9.17) is 29.4 Å². The average molecular weight is 994 g/mol. The highest BCUT2D eigenvalue weighted by molar-refractivity contribution is 9.09. The summed E-state index contributed by atoms with van der Waals surface area (Å²) >= 11 is 8.92. The number of nitrogens with zero attached hydrogens (tertiary/aromatic N) is 7. The van der Waals surface area contributed by atoms with Crippen molar-refractivity contribution in [3.05, 3.63) is 75.4 Å². The number of nitrogens with one attached hydrogen (secondary N) is 1. The van der Waals surface area contributed by atoms with E-state index in [2.05, 4.69) is 31.6 Å². The van der Waals surface area contributed by atoms with Crippen LogP contribution in [0.2, 0.25) is 0 Å². The minimum absolute atomic E-state index is 0.00612. The second-order valence-corrected chi connectivity index (χ2v) is 19.5. The molecule has 0 bridgehead atoms. The lowest BCUT2D eigenvalue weighted by Crippen LogP contribution is -2.35. The van der Waals surface area contributed by atoms with Crippen molar-refractivity contribution in [2.45, 2.75) is 53.3 Å². The molecule has 328 valence electrons. The normalized spacial score (nSPS) is 14.2. The third kappa shape index (κ3) is 12.0. The first-order chi connectivity index (χ1) is 30.0. The van der Waals surface area contributed by atoms with Gasteiger partial charge >= 0.3 is 0 Å². The highest BCUT2D eigenvalue weighted by Gasteiger charge is 2.28. The quantitative estimate of drug-likeness (QED) is 0.0823. The lowest BCUT2D eigenvalue weighted by Gasteiger charge is -2.26. The summed E-state index contributed by atoms with van der Waals surface area (Å²) in [5, 5.41) is 38.6. The Morgan fingerprint density at radius 3 is 1.44 bits per heavy atom. The number of amides is 2. The number of carbonyl (C=O) groups excluding carboxylic acids is 2. The van der Waals surface area contributed by atoms with Gasteiger partial charge in [0.05, 0.1) is 32.0 Å². The topological polar surface area (TPSA) is 337 Å². The fourth-order valence-corrected chi connectivity index (χ4v) is 10.6. The Hall–Kier alpha value is -5.89. The highest BCUT2D eigenvalue weighted by Crippen LogP contribution is 2.37. The van der Waals surface area contributed by atoms with Crippen molar-refractivity contribution in [1.82, 2.24) is 18.6 Å². The summed E-state index contributed by atoms with van der Waals surface area (Å²) in [5.41, 5.74) is 23.4. The fourth-order valence-electron chi connectivity index (χ4n) is 6.56. The number of sulfonamides is 2. The van der Waals surface area contributed by atoms with Crippen LogP contribution in [0.3, 0.4) is 0 Å². The van der Waals surface area contributed by atoms with Gasteiger partial charge in [-0.05, 0) is 61.1 Å². The molecule has 0 spiro atoms. The maximum absolute atomic E-state index is 12.9. The number of thioether (sulfide) groups is 1. The smallest absolute Gasteiger partial charge is 0.243 e. The molecule has 9 N–H and O–H groups in total. The molecular weight excluding hydrogens is 953 g/mol. The molecule has 0 aliphatic carbocycles. The molecule has 23 heteroatoms. The number of primary amides is 2. The molecule has 6 rings (SSSR count). The zero-order chi connectivity index (χ0) is 46.5. The molecule has 2 fully saturated rings. The van der Waals surface area contributed by atoms with Crippen molar-refractivity contribution in [3.8, 4) is 46.5 Å². The molecule has 63 heavy (non-hydrogen) atoms. The van der Waals surface area contributed by atoms with Gasteiger partial charge in [0, 0.05) is 37.3 Å². The van der Waals surface area contributed by atoms with Crippen molar-refractivity contribution >= 4 is 83.4 Å². The molecule has 18 nitrogen and oxygen atoms in total. The number of aromatic nitrogens is 2. The predicted octanol–water partition coefficient (Wildman–Crippen LogP) is 4.60. The van der Waals surface area contributed by atoms with Gasteiger partial charge in [0.25, 0.3) is 0 Å². The van der Waals surface area contributed by atoms with Gasteiger partial charge in [0.2, 0.25) is 31.9 Å². The Bertz CT molecular complexity index is 2820. The van der Waals surface area contributed by atoms with Gasteiger partial charge < -0.3 is 27.9 Å². The summed E-state index contributed by atoms with van der Waals surface area (Å²) in [4.78, 5) is 27.7. The number of aromatic amines is 1. The number of anilines is 2. The number of benzene rings is 2. The van der Waals surface area contributed by atoms with E-state index in [1.165, 1.54) is 45.0 Å². The van der Waals surface area contributed by atoms with Crippen LogP contribution in [-0.2, 0) is 29.6 Å². The highest BCUT2D eigenvalue weighted by atomic mass is 79.9. The van der Waals surface area contributed by atoms with Crippen LogP contribution in [0.25, 0.3) is 22.3 Å². The number of halogens is 1. The lowest BCUT2D eigenvalue weighted by molar-refractivity contribution is -0.116. The van der Waals surface area contributed by atoms with Crippen molar-refractivity contribution in [3.63, 3.8) is 0 Å². The molecule has 0 unspecified atom stereocenters. The maximum Gasteiger partial charge on any atom is 0.243 e. The Morgan fingerprint density at radius 1 is 0.683 bits per heavy atom. The number of alkyl halides is 1.